The first-order chi connectivity index (χ1) is 15.4. The Morgan fingerprint density at radius 3 is 2.66 bits per heavy atom. The van der Waals surface area contributed by atoms with E-state index in [1.807, 2.05) is 12.1 Å². The van der Waals surface area contributed by atoms with Gasteiger partial charge in [0.2, 0.25) is 0 Å². The Morgan fingerprint density at radius 2 is 1.94 bits per heavy atom. The normalized spacial score (nSPS) is 20.0. The second-order valence-corrected chi connectivity index (χ2v) is 9.09. The second-order valence-electron chi connectivity index (χ2n) is 9.09. The number of aromatic nitrogens is 1. The summed E-state index contributed by atoms with van der Waals surface area (Å²) in [4.78, 5) is 42.6. The van der Waals surface area contributed by atoms with Crippen molar-refractivity contribution in [3.05, 3.63) is 35.0 Å². The lowest BCUT2D eigenvalue weighted by atomic mass is 9.87. The maximum atomic E-state index is 12.8. The smallest absolute Gasteiger partial charge is 0.338 e. The monoisotopic (exact) mass is 440 g/mol. The number of esters is 2. The van der Waals surface area contributed by atoms with Crippen LogP contribution in [0.5, 0.6) is 0 Å². The van der Waals surface area contributed by atoms with E-state index >= 15 is 0 Å². The number of aromatic amines is 1. The van der Waals surface area contributed by atoms with Crippen molar-refractivity contribution in [2.45, 2.75) is 59.0 Å². The number of amides is 1. The molecule has 0 spiro atoms. The number of nitrogens with one attached hydrogen (secondary N) is 1. The summed E-state index contributed by atoms with van der Waals surface area (Å²) in [6.45, 7) is 6.93. The number of benzene rings is 1. The van der Waals surface area contributed by atoms with Crippen LogP contribution in [0.4, 0.5) is 0 Å². The van der Waals surface area contributed by atoms with Crippen LogP contribution in [0.25, 0.3) is 10.9 Å². The summed E-state index contributed by atoms with van der Waals surface area (Å²) in [5.41, 5.74) is 4.05. The SMILES string of the molecule is CCOC(=O)C1CCN(C(=O)[C@@H](C)OC(=O)c2ccc3[nH]c4c(c3c2)C[C@H](C)CC4)CC1. The van der Waals surface area contributed by atoms with Crippen molar-refractivity contribution < 1.29 is 23.9 Å². The molecule has 7 heteroatoms. The van der Waals surface area contributed by atoms with Crippen LogP contribution in [0.3, 0.4) is 0 Å². The molecule has 32 heavy (non-hydrogen) atoms. The topological polar surface area (TPSA) is 88.7 Å². The molecule has 172 valence electrons. The number of carbonyl (C=O) groups excluding carboxylic acids is 3. The zero-order chi connectivity index (χ0) is 22.8. The van der Waals surface area contributed by atoms with Crippen molar-refractivity contribution in [1.82, 2.24) is 9.88 Å². The van der Waals surface area contributed by atoms with Crippen LogP contribution < -0.4 is 0 Å². The summed E-state index contributed by atoms with van der Waals surface area (Å²) in [6, 6.07) is 5.55. The molecule has 2 heterocycles. The number of ether oxygens (including phenoxy) is 2. The first kappa shape index (κ1) is 22.4. The maximum Gasteiger partial charge on any atom is 0.338 e. The van der Waals surface area contributed by atoms with Gasteiger partial charge in [-0.1, -0.05) is 6.92 Å². The molecule has 0 unspecified atom stereocenters. The van der Waals surface area contributed by atoms with Crippen LogP contribution in [0, 0.1) is 11.8 Å². The van der Waals surface area contributed by atoms with Crippen molar-refractivity contribution >= 4 is 28.7 Å². The van der Waals surface area contributed by atoms with Gasteiger partial charge in [-0.3, -0.25) is 9.59 Å². The van der Waals surface area contributed by atoms with Crippen LogP contribution in [-0.2, 0) is 31.9 Å². The summed E-state index contributed by atoms with van der Waals surface area (Å²) < 4.78 is 10.6. The molecule has 1 aromatic carbocycles. The van der Waals surface area contributed by atoms with Crippen molar-refractivity contribution in [1.29, 1.82) is 0 Å². The Labute approximate surface area is 188 Å². The molecule has 0 bridgehead atoms. The van der Waals surface area contributed by atoms with Crippen LogP contribution in [0.15, 0.2) is 18.2 Å². The molecule has 1 fully saturated rings. The van der Waals surface area contributed by atoms with Gasteiger partial charge in [0.15, 0.2) is 6.10 Å². The standard InChI is InChI=1S/C25H32N2O5/c1-4-31-24(29)17-9-11-27(12-10-17)23(28)16(3)32-25(30)18-6-8-22-20(14-18)19-13-15(2)5-7-21(19)26-22/h6,8,14-17,26H,4-5,7,9-13H2,1-3H3/t15-,16-/m1/s1. The number of hydrogen-bond acceptors (Lipinski definition) is 5. The number of aryl methyl sites for hydroxylation is 1. The molecule has 2 atom stereocenters. The second kappa shape index (κ2) is 9.35. The van der Waals surface area contributed by atoms with Crippen LogP contribution in [-0.4, -0.2) is 53.5 Å². The Morgan fingerprint density at radius 1 is 1.19 bits per heavy atom. The number of H-pyrrole nitrogens is 1. The minimum absolute atomic E-state index is 0.168. The Hall–Kier alpha value is -2.83. The van der Waals surface area contributed by atoms with Gasteiger partial charge < -0.3 is 19.4 Å². The lowest BCUT2D eigenvalue weighted by Crippen LogP contribution is -2.45. The fourth-order valence-corrected chi connectivity index (χ4v) is 4.85. The third-order valence-corrected chi connectivity index (χ3v) is 6.73. The fraction of sp³-hybridized carbons (Fsp3) is 0.560. The van der Waals surface area contributed by atoms with Gasteiger partial charge in [-0.15, -0.1) is 0 Å². The summed E-state index contributed by atoms with van der Waals surface area (Å²) >= 11 is 0. The molecule has 1 N–H and O–H groups in total. The predicted octanol–water partition coefficient (Wildman–Crippen LogP) is 3.64. The molecule has 1 amide bonds. The highest BCUT2D eigenvalue weighted by atomic mass is 16.5. The van der Waals surface area contributed by atoms with Crippen molar-refractivity contribution in [3.8, 4) is 0 Å². The van der Waals surface area contributed by atoms with E-state index in [2.05, 4.69) is 11.9 Å². The average Bonchev–Trinajstić information content (AvgIpc) is 3.15. The molecule has 1 saturated heterocycles. The molecule has 1 aromatic heterocycles. The molecule has 2 aliphatic rings. The molecular formula is C25H32N2O5. The number of rotatable bonds is 5. The van der Waals surface area contributed by atoms with Gasteiger partial charge in [-0.05, 0) is 75.6 Å². The quantitative estimate of drug-likeness (QED) is 0.717. The van der Waals surface area contributed by atoms with E-state index in [-0.39, 0.29) is 17.8 Å². The third-order valence-electron chi connectivity index (χ3n) is 6.73. The number of hydrogen-bond donors (Lipinski definition) is 1. The molecular weight excluding hydrogens is 408 g/mol. The van der Waals surface area contributed by atoms with Crippen LogP contribution in [0.2, 0.25) is 0 Å². The van der Waals surface area contributed by atoms with E-state index in [1.165, 1.54) is 17.7 Å². The van der Waals surface area contributed by atoms with Gasteiger partial charge in [0.1, 0.15) is 0 Å². The van der Waals surface area contributed by atoms with E-state index in [1.54, 1.807) is 24.8 Å². The van der Waals surface area contributed by atoms with Crippen molar-refractivity contribution in [3.63, 3.8) is 0 Å². The van der Waals surface area contributed by atoms with Gasteiger partial charge in [0, 0.05) is 29.7 Å². The minimum atomic E-state index is -0.877. The number of fused-ring (bicyclic) bond motifs is 3. The number of carbonyl (C=O) groups is 3. The van der Waals surface area contributed by atoms with E-state index in [0.29, 0.717) is 44.0 Å². The number of likely N-dealkylation sites (tertiary alicyclic amines) is 1. The Kier molecular flexibility index (Phi) is 6.53. The summed E-state index contributed by atoms with van der Waals surface area (Å²) in [7, 11) is 0. The molecule has 7 nitrogen and oxygen atoms in total. The van der Waals surface area contributed by atoms with Gasteiger partial charge in [0.25, 0.3) is 5.91 Å². The first-order valence-electron chi connectivity index (χ1n) is 11.7. The number of piperidine rings is 1. The predicted molar refractivity (Wildman–Crippen MR) is 120 cm³/mol. The summed E-state index contributed by atoms with van der Waals surface area (Å²) in [5.74, 6) is -0.459. The third kappa shape index (κ3) is 4.52. The molecule has 0 saturated carbocycles. The lowest BCUT2D eigenvalue weighted by molar-refractivity contribution is -0.152. The zero-order valence-corrected chi connectivity index (χ0v) is 19.1. The van der Waals surface area contributed by atoms with E-state index in [4.69, 9.17) is 9.47 Å². The van der Waals surface area contributed by atoms with Gasteiger partial charge >= 0.3 is 11.9 Å². The summed E-state index contributed by atoms with van der Waals surface area (Å²) in [6.07, 6.45) is 3.47. The van der Waals surface area contributed by atoms with Crippen LogP contribution in [0.1, 0.15) is 61.6 Å². The summed E-state index contributed by atoms with van der Waals surface area (Å²) in [5, 5.41) is 1.07. The fourth-order valence-electron chi connectivity index (χ4n) is 4.85. The largest absolute Gasteiger partial charge is 0.466 e. The highest BCUT2D eigenvalue weighted by molar-refractivity contribution is 5.97. The Bertz CT molecular complexity index is 1020. The maximum absolute atomic E-state index is 12.8. The molecule has 1 aliphatic carbocycles. The minimum Gasteiger partial charge on any atom is -0.466 e. The van der Waals surface area contributed by atoms with Gasteiger partial charge in [-0.2, -0.15) is 0 Å². The van der Waals surface area contributed by atoms with E-state index in [0.717, 1.165) is 23.7 Å². The molecule has 2 aromatic rings. The Balaban J connectivity index is 1.38. The lowest BCUT2D eigenvalue weighted by Gasteiger charge is -2.32. The first-order valence-corrected chi connectivity index (χ1v) is 11.7. The van der Waals surface area contributed by atoms with Crippen molar-refractivity contribution in [2.24, 2.45) is 11.8 Å². The van der Waals surface area contributed by atoms with Crippen molar-refractivity contribution in [2.75, 3.05) is 19.7 Å². The highest BCUT2D eigenvalue weighted by Gasteiger charge is 2.31. The zero-order valence-electron chi connectivity index (χ0n) is 19.1. The average molecular weight is 441 g/mol. The molecule has 1 aliphatic heterocycles. The van der Waals surface area contributed by atoms with Gasteiger partial charge in [-0.25, -0.2) is 4.79 Å². The molecule has 4 rings (SSSR count). The van der Waals surface area contributed by atoms with Crippen LogP contribution >= 0.6 is 0 Å². The van der Waals surface area contributed by atoms with E-state index in [9.17, 15) is 14.4 Å². The highest BCUT2D eigenvalue weighted by Crippen LogP contribution is 2.32. The van der Waals surface area contributed by atoms with E-state index < -0.39 is 12.1 Å². The number of nitrogens with zero attached hydrogens (tertiary/aromatic N) is 1. The van der Waals surface area contributed by atoms with Gasteiger partial charge in [0.05, 0.1) is 18.1 Å². The molecule has 0 radical (unpaired) electrons.